The molecule has 2 heterocycles. The number of para-hydroxylation sites is 1. The molecule has 0 aliphatic carbocycles. The van der Waals surface area contributed by atoms with E-state index in [1.54, 1.807) is 60.8 Å². The van der Waals surface area contributed by atoms with Gasteiger partial charge in [-0.3, -0.25) is 52.7 Å². The summed E-state index contributed by atoms with van der Waals surface area (Å²) in [5.74, 6) is -9.93. The smallest absolute Gasteiger partial charge is 0.245 e. The van der Waals surface area contributed by atoms with Gasteiger partial charge < -0.3 is 102 Å². The number of hydrogen-bond acceptors (Lipinski definition) is 18. The second-order valence-electron chi connectivity index (χ2n) is 22.4. The molecule has 1 aliphatic heterocycles. The van der Waals surface area contributed by atoms with E-state index < -0.39 is 151 Å². The fourth-order valence-corrected chi connectivity index (χ4v) is 10.1. The number of carbonyl (C=O) groups is 11. The van der Waals surface area contributed by atoms with Crippen molar-refractivity contribution in [3.8, 4) is 0 Å². The van der Waals surface area contributed by atoms with Crippen LogP contribution in [0.5, 0.6) is 0 Å². The van der Waals surface area contributed by atoms with Gasteiger partial charge in [0.1, 0.15) is 60.4 Å². The topological polar surface area (TPSA) is 506 Å². The number of unbranched alkanes of at least 4 members (excludes halogenated alkanes) is 4. The normalized spacial score (nSPS) is 21.9. The molecule has 90 heavy (non-hydrogen) atoms. The summed E-state index contributed by atoms with van der Waals surface area (Å²) >= 11 is 0. The van der Waals surface area contributed by atoms with Crippen LogP contribution in [0.3, 0.4) is 0 Å². The Morgan fingerprint density at radius 3 is 1.62 bits per heavy atom. The zero-order valence-corrected chi connectivity index (χ0v) is 51.6. The lowest BCUT2D eigenvalue weighted by Crippen LogP contribution is -2.62. The number of hydrogen-bond donors (Lipinski definition) is 19. The van der Waals surface area contributed by atoms with Gasteiger partial charge in [-0.05, 0) is 109 Å². The van der Waals surface area contributed by atoms with E-state index in [0.717, 1.165) is 25.7 Å². The molecule has 0 radical (unpaired) electrons. The van der Waals surface area contributed by atoms with E-state index in [-0.39, 0.29) is 84.1 Å². The molecule has 3 unspecified atom stereocenters. The largest absolute Gasteiger partial charge is 0.391 e. The number of amides is 11. The van der Waals surface area contributed by atoms with Crippen LogP contribution in [-0.2, 0) is 65.6 Å². The minimum Gasteiger partial charge on any atom is -0.391 e. The molecule has 1 aliphatic rings. The number of benzene rings is 2. The highest BCUT2D eigenvalue weighted by atomic mass is 16.3. The molecule has 498 valence electrons. The van der Waals surface area contributed by atoms with E-state index in [9.17, 15) is 63.0 Å². The summed E-state index contributed by atoms with van der Waals surface area (Å²) in [5, 5.41) is 50.7. The van der Waals surface area contributed by atoms with Gasteiger partial charge in [0.25, 0.3) is 0 Å². The van der Waals surface area contributed by atoms with Crippen LogP contribution in [0.25, 0.3) is 10.9 Å². The Hall–Kier alpha value is -8.13. The average Bonchev–Trinajstić information content (AvgIpc) is 1.73. The van der Waals surface area contributed by atoms with Crippen LogP contribution < -0.4 is 87.2 Å². The zero-order chi connectivity index (χ0) is 66.3. The van der Waals surface area contributed by atoms with Gasteiger partial charge in [0, 0.05) is 42.9 Å². The van der Waals surface area contributed by atoms with Crippen molar-refractivity contribution >= 4 is 75.9 Å². The van der Waals surface area contributed by atoms with Crippen molar-refractivity contribution in [2.75, 3.05) is 39.3 Å². The number of nitrogens with two attached hydrogens (primary N) is 5. The molecule has 1 saturated heterocycles. The maximum Gasteiger partial charge on any atom is 0.245 e. The lowest BCUT2D eigenvalue weighted by molar-refractivity contribution is -0.137. The van der Waals surface area contributed by atoms with Gasteiger partial charge in [-0.1, -0.05) is 81.1 Å². The summed E-state index contributed by atoms with van der Waals surface area (Å²) in [6, 6.07) is 0.553. The minimum absolute atomic E-state index is 0.0196. The van der Waals surface area contributed by atoms with Crippen LogP contribution in [0.2, 0.25) is 0 Å². The summed E-state index contributed by atoms with van der Waals surface area (Å²) in [7, 11) is 0. The number of rotatable bonds is 29. The van der Waals surface area contributed by atoms with Crippen molar-refractivity contribution in [1.82, 2.24) is 63.5 Å². The number of fused-ring (bicyclic) bond motifs is 1. The van der Waals surface area contributed by atoms with Crippen molar-refractivity contribution in [3.63, 3.8) is 0 Å². The van der Waals surface area contributed by atoms with Crippen molar-refractivity contribution < 1.29 is 63.0 Å². The Morgan fingerprint density at radius 2 is 1.07 bits per heavy atom. The number of aliphatic hydroxyl groups excluding tert-OH is 2. The lowest BCUT2D eigenvalue weighted by Gasteiger charge is -2.28. The van der Waals surface area contributed by atoms with Gasteiger partial charge in [0.05, 0.1) is 12.2 Å². The second-order valence-corrected chi connectivity index (χ2v) is 22.4. The quantitative estimate of drug-likeness (QED) is 0.0290. The molecule has 2 aromatic carbocycles. The van der Waals surface area contributed by atoms with Crippen LogP contribution in [0, 0.1) is 0 Å². The Balaban J connectivity index is 1.75. The fourth-order valence-electron chi connectivity index (χ4n) is 10.1. The van der Waals surface area contributed by atoms with Crippen molar-refractivity contribution in [2.45, 2.75) is 183 Å². The first-order valence-electron chi connectivity index (χ1n) is 30.9. The maximum atomic E-state index is 14.8. The summed E-state index contributed by atoms with van der Waals surface area (Å²) in [6.07, 6.45) is 1.29. The molecular weight excluding hydrogens is 1170 g/mol. The molecule has 3 aromatic rings. The van der Waals surface area contributed by atoms with Crippen LogP contribution in [-0.4, -0.2) is 192 Å². The second kappa shape index (κ2) is 39.1. The monoisotopic (exact) mass is 1260 g/mol. The highest BCUT2D eigenvalue weighted by Crippen LogP contribution is 2.20. The standard InChI is InChI=1S/C60H95N17O13/c1-4-5-6-7-11-18-48(80)68-40(19-25-61)55(85)77-50(35(3)79)60(90)73-43(22-28-64)52(82)72-45-24-30-66-59(89)49(34(2)78)76-56(86)44(23-29-65)70-51(81)41(20-26-62)71-58(88)47(32-37-33-67-39-17-13-12-16-38(37)39)75-57(87)46(31-36-14-9-8-10-15-36)74-53(83)42(21-27-63)69-54(45)84/h8-10,12-17,33-35,40-47,49-50,67,78-79H,4-7,11,18-32,61-65H2,1-3H3,(H,66,89)(H,68,80)(H,69,84)(H,70,81)(H,71,88)(H,72,82)(H,73,90)(H,74,83)(H,75,87)(H,76,86)(H,77,85)/t34-,35-,40+,41+,42?,43+,44+,45?,46-,47+,49?,50+/m1/s1. The highest BCUT2D eigenvalue weighted by molar-refractivity contribution is 5.99. The van der Waals surface area contributed by atoms with E-state index in [4.69, 9.17) is 28.7 Å². The third-order valence-electron chi connectivity index (χ3n) is 15.1. The Morgan fingerprint density at radius 1 is 0.556 bits per heavy atom. The number of H-pyrrole nitrogens is 1. The Kier molecular flexibility index (Phi) is 32.3. The van der Waals surface area contributed by atoms with Gasteiger partial charge in [0.15, 0.2) is 0 Å². The Bertz CT molecular complexity index is 2840. The lowest BCUT2D eigenvalue weighted by atomic mass is 10.0. The van der Waals surface area contributed by atoms with E-state index >= 15 is 0 Å². The van der Waals surface area contributed by atoms with Crippen LogP contribution in [0.4, 0.5) is 0 Å². The number of aromatic amines is 1. The highest BCUT2D eigenvalue weighted by Gasteiger charge is 2.38. The fraction of sp³-hybridized carbons (Fsp3) is 0.583. The molecule has 0 spiro atoms. The van der Waals surface area contributed by atoms with Crippen LogP contribution in [0.15, 0.2) is 60.8 Å². The summed E-state index contributed by atoms with van der Waals surface area (Å²) in [6.45, 7) is 3.21. The number of nitrogens with one attached hydrogen (secondary N) is 12. The predicted molar refractivity (Wildman–Crippen MR) is 334 cm³/mol. The third-order valence-corrected chi connectivity index (χ3v) is 15.1. The van der Waals surface area contributed by atoms with E-state index in [0.29, 0.717) is 28.5 Å². The van der Waals surface area contributed by atoms with Gasteiger partial charge in [-0.25, -0.2) is 0 Å². The van der Waals surface area contributed by atoms with Crippen molar-refractivity contribution in [1.29, 1.82) is 0 Å². The van der Waals surface area contributed by atoms with Crippen LogP contribution >= 0.6 is 0 Å². The SMILES string of the molecule is CCCCCCCC(=O)N[C@@H](CCN)C(=O)N[C@H](C(=O)N[C@@H](CCN)C(=O)NC1CCNC(=O)C([C@@H](C)O)NC(=O)[C@H](CCN)NC(=O)[C@H](CCN)NC(=O)[C@H](Cc2c[nH]c3ccccc23)NC(=O)[C@@H](Cc2ccccc2)NC(=O)C(CCN)NC1=O)[C@@H](C)O. The van der Waals surface area contributed by atoms with Crippen molar-refractivity contribution in [2.24, 2.45) is 28.7 Å². The third kappa shape index (κ3) is 24.0. The first-order chi connectivity index (χ1) is 43.1. The molecule has 4 rings (SSSR count). The number of carbonyl (C=O) groups excluding carboxylic acids is 11. The molecule has 1 fully saturated rings. The first kappa shape index (κ1) is 74.3. The van der Waals surface area contributed by atoms with Crippen molar-refractivity contribution in [3.05, 3.63) is 71.9 Å². The minimum atomic E-state index is -1.71. The van der Waals surface area contributed by atoms with Crippen LogP contribution in [0.1, 0.15) is 109 Å². The van der Waals surface area contributed by atoms with Gasteiger partial charge in [0.2, 0.25) is 65.0 Å². The molecule has 30 heteroatoms. The summed E-state index contributed by atoms with van der Waals surface area (Å²) in [4.78, 5) is 159. The number of aliphatic hydroxyl groups is 2. The maximum absolute atomic E-state index is 14.8. The van der Waals surface area contributed by atoms with E-state index in [1.807, 2.05) is 0 Å². The van der Waals surface area contributed by atoms with Gasteiger partial charge >= 0.3 is 0 Å². The average molecular weight is 1260 g/mol. The van der Waals surface area contributed by atoms with Gasteiger partial charge in [-0.2, -0.15) is 0 Å². The van der Waals surface area contributed by atoms with E-state index in [1.165, 1.54) is 13.8 Å². The molecule has 0 saturated carbocycles. The molecule has 1 aromatic heterocycles. The molecule has 24 N–H and O–H groups in total. The predicted octanol–water partition coefficient (Wildman–Crippen LogP) is -4.81. The first-order valence-corrected chi connectivity index (χ1v) is 30.9. The van der Waals surface area contributed by atoms with Gasteiger partial charge in [-0.15, -0.1) is 0 Å². The molecule has 12 atom stereocenters. The Labute approximate surface area is 523 Å². The molecular formula is C60H95N17O13. The summed E-state index contributed by atoms with van der Waals surface area (Å²) < 4.78 is 0. The molecule has 11 amide bonds. The summed E-state index contributed by atoms with van der Waals surface area (Å²) in [5.41, 5.74) is 31.4. The number of aromatic nitrogens is 1. The van der Waals surface area contributed by atoms with E-state index in [2.05, 4.69) is 70.4 Å². The molecule has 30 nitrogen and oxygen atoms in total. The zero-order valence-electron chi connectivity index (χ0n) is 51.6. The molecule has 0 bridgehead atoms.